The Morgan fingerprint density at radius 1 is 1.20 bits per heavy atom. The Morgan fingerprint density at radius 2 is 1.95 bits per heavy atom. The van der Waals surface area contributed by atoms with Crippen molar-refractivity contribution in [1.82, 2.24) is 10.2 Å². The van der Waals surface area contributed by atoms with Crippen molar-refractivity contribution in [3.05, 3.63) is 0 Å². The van der Waals surface area contributed by atoms with Gasteiger partial charge in [0.05, 0.1) is 5.92 Å². The van der Waals surface area contributed by atoms with Crippen molar-refractivity contribution in [2.75, 3.05) is 19.6 Å². The molecule has 2 rings (SSSR count). The van der Waals surface area contributed by atoms with Crippen molar-refractivity contribution in [2.24, 2.45) is 11.8 Å². The number of halogens is 3. The summed E-state index contributed by atoms with van der Waals surface area (Å²) in [4.78, 5) is 2.45. The van der Waals surface area contributed by atoms with Crippen LogP contribution >= 0.6 is 0 Å². The summed E-state index contributed by atoms with van der Waals surface area (Å²) in [6.07, 6.45) is -0.670. The maximum Gasteiger partial charge on any atom is 0.391 e. The standard InChI is InChI=1S/C15H27F3N2/c1-11(2)20-7-6-12(10-20)9-19-14-5-3-4-13(8-14)15(16,17)18/h11-14,19H,3-10H2,1-2H3. The number of alkyl halides is 3. The molecular formula is C15H27F3N2. The Labute approximate surface area is 120 Å². The van der Waals surface area contributed by atoms with Gasteiger partial charge in [0.2, 0.25) is 0 Å². The molecule has 0 bridgehead atoms. The second-order valence-electron chi connectivity index (χ2n) is 6.75. The summed E-state index contributed by atoms with van der Waals surface area (Å²) in [5.41, 5.74) is 0. The van der Waals surface area contributed by atoms with E-state index in [4.69, 9.17) is 0 Å². The van der Waals surface area contributed by atoms with E-state index in [0.29, 0.717) is 24.8 Å². The molecule has 3 unspecified atom stereocenters. The first-order chi connectivity index (χ1) is 9.36. The predicted octanol–water partition coefficient (Wildman–Crippen LogP) is 3.43. The van der Waals surface area contributed by atoms with E-state index in [0.717, 1.165) is 26.1 Å². The van der Waals surface area contributed by atoms with Crippen LogP contribution in [0.1, 0.15) is 46.0 Å². The van der Waals surface area contributed by atoms with E-state index in [1.165, 1.54) is 6.42 Å². The summed E-state index contributed by atoms with van der Waals surface area (Å²) in [5, 5.41) is 3.40. The van der Waals surface area contributed by atoms with Gasteiger partial charge in [-0.05, 0) is 58.5 Å². The Hall–Kier alpha value is -0.290. The van der Waals surface area contributed by atoms with Crippen LogP contribution < -0.4 is 5.32 Å². The van der Waals surface area contributed by atoms with E-state index in [1.807, 2.05) is 0 Å². The molecule has 118 valence electrons. The monoisotopic (exact) mass is 292 g/mol. The smallest absolute Gasteiger partial charge is 0.314 e. The minimum atomic E-state index is -4.01. The summed E-state index contributed by atoms with van der Waals surface area (Å²) < 4.78 is 38.3. The van der Waals surface area contributed by atoms with E-state index < -0.39 is 12.1 Å². The number of hydrogen-bond donors (Lipinski definition) is 1. The lowest BCUT2D eigenvalue weighted by Crippen LogP contribution is -2.41. The first-order valence-electron chi connectivity index (χ1n) is 7.90. The van der Waals surface area contributed by atoms with E-state index in [-0.39, 0.29) is 12.5 Å². The third-order valence-electron chi connectivity index (χ3n) is 4.88. The summed E-state index contributed by atoms with van der Waals surface area (Å²) >= 11 is 0. The molecule has 20 heavy (non-hydrogen) atoms. The van der Waals surface area contributed by atoms with E-state index >= 15 is 0 Å². The number of rotatable bonds is 4. The molecule has 5 heteroatoms. The highest BCUT2D eigenvalue weighted by atomic mass is 19.4. The minimum absolute atomic E-state index is 0.0588. The second-order valence-corrected chi connectivity index (χ2v) is 6.75. The topological polar surface area (TPSA) is 15.3 Å². The molecule has 0 aromatic heterocycles. The number of nitrogens with one attached hydrogen (secondary N) is 1. The Bertz CT molecular complexity index is 304. The quantitative estimate of drug-likeness (QED) is 0.854. The molecule has 0 amide bonds. The minimum Gasteiger partial charge on any atom is -0.314 e. The van der Waals surface area contributed by atoms with Gasteiger partial charge in [0.1, 0.15) is 0 Å². The fourth-order valence-electron chi connectivity index (χ4n) is 3.50. The van der Waals surface area contributed by atoms with Crippen molar-refractivity contribution in [3.63, 3.8) is 0 Å². The lowest BCUT2D eigenvalue weighted by molar-refractivity contribution is -0.183. The molecule has 1 aliphatic carbocycles. The maximum atomic E-state index is 12.8. The van der Waals surface area contributed by atoms with Gasteiger partial charge in [0.15, 0.2) is 0 Å². The molecule has 2 aliphatic rings. The zero-order valence-electron chi connectivity index (χ0n) is 12.5. The Morgan fingerprint density at radius 3 is 2.55 bits per heavy atom. The predicted molar refractivity (Wildman–Crippen MR) is 74.6 cm³/mol. The van der Waals surface area contributed by atoms with Crippen LogP contribution in [-0.4, -0.2) is 42.8 Å². The third-order valence-corrected chi connectivity index (χ3v) is 4.88. The van der Waals surface area contributed by atoms with Gasteiger partial charge in [-0.25, -0.2) is 0 Å². The highest BCUT2D eigenvalue weighted by Gasteiger charge is 2.42. The van der Waals surface area contributed by atoms with Gasteiger partial charge >= 0.3 is 6.18 Å². The van der Waals surface area contributed by atoms with Crippen LogP contribution in [-0.2, 0) is 0 Å². The van der Waals surface area contributed by atoms with Crippen LogP contribution in [0.5, 0.6) is 0 Å². The highest BCUT2D eigenvalue weighted by molar-refractivity contribution is 4.84. The average molecular weight is 292 g/mol. The lowest BCUT2D eigenvalue weighted by atomic mass is 9.85. The molecule has 1 saturated carbocycles. The Kier molecular flexibility index (Phi) is 5.35. The van der Waals surface area contributed by atoms with Crippen LogP contribution in [0.2, 0.25) is 0 Å². The maximum absolute atomic E-state index is 12.8. The van der Waals surface area contributed by atoms with Crippen molar-refractivity contribution < 1.29 is 13.2 Å². The van der Waals surface area contributed by atoms with Gasteiger partial charge in [0.25, 0.3) is 0 Å². The van der Waals surface area contributed by atoms with Crippen LogP contribution in [0.15, 0.2) is 0 Å². The normalized spacial score (nSPS) is 33.0. The zero-order valence-corrected chi connectivity index (χ0v) is 12.5. The number of hydrogen-bond acceptors (Lipinski definition) is 2. The zero-order chi connectivity index (χ0) is 14.8. The Balaban J connectivity index is 1.72. The fourth-order valence-corrected chi connectivity index (χ4v) is 3.50. The van der Waals surface area contributed by atoms with Crippen LogP contribution in [0.4, 0.5) is 13.2 Å². The largest absolute Gasteiger partial charge is 0.391 e. The molecule has 1 N–H and O–H groups in total. The number of likely N-dealkylation sites (tertiary alicyclic amines) is 1. The number of nitrogens with zero attached hydrogens (tertiary/aromatic N) is 1. The van der Waals surface area contributed by atoms with Gasteiger partial charge in [0, 0.05) is 18.6 Å². The van der Waals surface area contributed by atoms with Crippen molar-refractivity contribution in [3.8, 4) is 0 Å². The van der Waals surface area contributed by atoms with Gasteiger partial charge in [-0.15, -0.1) is 0 Å². The molecule has 3 atom stereocenters. The van der Waals surface area contributed by atoms with Gasteiger partial charge < -0.3 is 10.2 Å². The first kappa shape index (κ1) is 16.1. The van der Waals surface area contributed by atoms with Crippen molar-refractivity contribution >= 4 is 0 Å². The molecule has 1 aliphatic heterocycles. The third kappa shape index (κ3) is 4.35. The van der Waals surface area contributed by atoms with Crippen molar-refractivity contribution in [2.45, 2.75) is 64.2 Å². The fraction of sp³-hybridized carbons (Fsp3) is 1.00. The molecule has 1 saturated heterocycles. The van der Waals surface area contributed by atoms with Crippen molar-refractivity contribution in [1.29, 1.82) is 0 Å². The molecule has 0 spiro atoms. The first-order valence-corrected chi connectivity index (χ1v) is 7.90. The summed E-state index contributed by atoms with van der Waals surface area (Å²) in [6, 6.07) is 0.632. The molecule has 0 aromatic carbocycles. The van der Waals surface area contributed by atoms with Gasteiger partial charge in [-0.2, -0.15) is 13.2 Å². The highest BCUT2D eigenvalue weighted by Crippen LogP contribution is 2.37. The van der Waals surface area contributed by atoms with Gasteiger partial charge in [-0.3, -0.25) is 0 Å². The SMILES string of the molecule is CC(C)N1CCC(CNC2CCCC(C(F)(F)F)C2)C1. The average Bonchev–Trinajstić information content (AvgIpc) is 2.85. The molecule has 0 radical (unpaired) electrons. The van der Waals surface area contributed by atoms with E-state index in [9.17, 15) is 13.2 Å². The molecule has 0 aromatic rings. The molecule has 2 nitrogen and oxygen atoms in total. The van der Waals surface area contributed by atoms with E-state index in [2.05, 4.69) is 24.1 Å². The summed E-state index contributed by atoms with van der Waals surface area (Å²) in [6.45, 7) is 7.48. The lowest BCUT2D eigenvalue weighted by Gasteiger charge is -2.31. The molecular weight excluding hydrogens is 265 g/mol. The van der Waals surface area contributed by atoms with E-state index in [1.54, 1.807) is 0 Å². The second kappa shape index (κ2) is 6.65. The van der Waals surface area contributed by atoms with Gasteiger partial charge in [-0.1, -0.05) is 6.42 Å². The molecule has 2 fully saturated rings. The summed E-state index contributed by atoms with van der Waals surface area (Å²) in [7, 11) is 0. The van der Waals surface area contributed by atoms with Crippen LogP contribution in [0, 0.1) is 11.8 Å². The van der Waals surface area contributed by atoms with Crippen LogP contribution in [0.25, 0.3) is 0 Å². The summed E-state index contributed by atoms with van der Waals surface area (Å²) in [5.74, 6) is -0.492. The van der Waals surface area contributed by atoms with Crippen LogP contribution in [0.3, 0.4) is 0 Å². The molecule has 1 heterocycles.